The molecule has 25 heavy (non-hydrogen) atoms. The molecule has 0 saturated heterocycles. The molecule has 0 aliphatic rings. The zero-order valence-electron chi connectivity index (χ0n) is 14.9. The summed E-state index contributed by atoms with van der Waals surface area (Å²) in [5.74, 6) is -0.852. The van der Waals surface area contributed by atoms with Gasteiger partial charge in [-0.3, -0.25) is 18.9 Å². The number of aromatic amines is 1. The topological polar surface area (TPSA) is 102 Å². The van der Waals surface area contributed by atoms with Crippen molar-refractivity contribution >= 4 is 5.82 Å². The normalized spacial score (nSPS) is 12.2. The molecule has 8 nitrogen and oxygen atoms in total. The molecule has 0 amide bonds. The summed E-state index contributed by atoms with van der Waals surface area (Å²) in [5, 5.41) is 2.76. The van der Waals surface area contributed by atoms with Crippen LogP contribution in [-0.2, 0) is 11.1 Å². The van der Waals surface area contributed by atoms with E-state index < -0.39 is 33.8 Å². The number of halogens is 1. The largest absolute Gasteiger partial charge is 0.365 e. The monoisotopic (exact) mass is 351 g/mol. The summed E-state index contributed by atoms with van der Waals surface area (Å²) in [4.78, 5) is 41.1. The van der Waals surface area contributed by atoms with E-state index in [2.05, 4.69) is 15.3 Å². The third kappa shape index (κ3) is 4.04. The minimum absolute atomic E-state index is 0.113. The first-order chi connectivity index (χ1) is 11.4. The van der Waals surface area contributed by atoms with Crippen LogP contribution in [0.2, 0.25) is 0 Å². The molecule has 2 N–H and O–H groups in total. The van der Waals surface area contributed by atoms with Crippen molar-refractivity contribution in [3.63, 3.8) is 0 Å². The highest BCUT2D eigenvalue weighted by Gasteiger charge is 2.23. The SMILES string of the molecule is CC(C)(C)n1cc(F)c(NCC(C)(C)n2ccc(=O)[nH]c2=O)nc1=O. The number of rotatable bonds is 4. The van der Waals surface area contributed by atoms with Crippen LogP contribution in [0.25, 0.3) is 0 Å². The molecule has 0 atom stereocenters. The van der Waals surface area contributed by atoms with Gasteiger partial charge in [0.05, 0.1) is 5.54 Å². The smallest absolute Gasteiger partial charge is 0.350 e. The summed E-state index contributed by atoms with van der Waals surface area (Å²) < 4.78 is 16.8. The van der Waals surface area contributed by atoms with Gasteiger partial charge in [0.15, 0.2) is 11.6 Å². The van der Waals surface area contributed by atoms with Gasteiger partial charge >= 0.3 is 11.4 Å². The first-order valence-electron chi connectivity index (χ1n) is 7.78. The van der Waals surface area contributed by atoms with Crippen molar-refractivity contribution in [2.24, 2.45) is 0 Å². The Hall–Kier alpha value is -2.71. The quantitative estimate of drug-likeness (QED) is 0.850. The van der Waals surface area contributed by atoms with Crippen LogP contribution in [0.1, 0.15) is 34.6 Å². The molecule has 136 valence electrons. The number of nitrogens with zero attached hydrogens (tertiary/aromatic N) is 3. The summed E-state index contributed by atoms with van der Waals surface area (Å²) in [6.45, 7) is 8.89. The first-order valence-corrected chi connectivity index (χ1v) is 7.78. The standard InChI is InChI=1S/C16H22FN5O3/c1-15(2,3)22-8-10(17)12(20-14(22)25)18-9-16(4,5)21-7-6-11(23)19-13(21)24/h6-8H,9H2,1-5H3,(H,18,20,25)(H,19,23,24). The molecule has 0 aliphatic carbocycles. The number of nitrogens with one attached hydrogen (secondary N) is 2. The molecule has 2 aromatic heterocycles. The predicted molar refractivity (Wildman–Crippen MR) is 92.6 cm³/mol. The van der Waals surface area contributed by atoms with Gasteiger partial charge in [-0.05, 0) is 34.6 Å². The molecule has 0 fully saturated rings. The van der Waals surface area contributed by atoms with Crippen molar-refractivity contribution in [3.8, 4) is 0 Å². The lowest BCUT2D eigenvalue weighted by Crippen LogP contribution is -2.44. The van der Waals surface area contributed by atoms with Gasteiger partial charge in [0, 0.05) is 30.5 Å². The zero-order valence-corrected chi connectivity index (χ0v) is 14.9. The molecule has 0 aliphatic heterocycles. The number of hydrogen-bond acceptors (Lipinski definition) is 5. The molecule has 0 spiro atoms. The van der Waals surface area contributed by atoms with Gasteiger partial charge in [0.2, 0.25) is 0 Å². The Bertz CT molecular complexity index is 950. The summed E-state index contributed by atoms with van der Waals surface area (Å²) in [7, 11) is 0. The van der Waals surface area contributed by atoms with E-state index in [9.17, 15) is 18.8 Å². The lowest BCUT2D eigenvalue weighted by Gasteiger charge is -2.28. The molecule has 0 saturated carbocycles. The fourth-order valence-corrected chi connectivity index (χ4v) is 2.32. The molecular weight excluding hydrogens is 329 g/mol. The van der Waals surface area contributed by atoms with E-state index in [1.165, 1.54) is 21.4 Å². The molecule has 0 bridgehead atoms. The maximum absolute atomic E-state index is 14.3. The highest BCUT2D eigenvalue weighted by molar-refractivity contribution is 5.34. The number of H-pyrrole nitrogens is 1. The molecule has 0 unspecified atom stereocenters. The lowest BCUT2D eigenvalue weighted by molar-refractivity contribution is 0.355. The van der Waals surface area contributed by atoms with Gasteiger partial charge in [-0.1, -0.05) is 0 Å². The van der Waals surface area contributed by atoms with Gasteiger partial charge in [0.1, 0.15) is 0 Å². The van der Waals surface area contributed by atoms with Gasteiger partial charge in [-0.2, -0.15) is 4.98 Å². The summed E-state index contributed by atoms with van der Waals surface area (Å²) >= 11 is 0. The Morgan fingerprint density at radius 3 is 2.36 bits per heavy atom. The van der Waals surface area contributed by atoms with Crippen LogP contribution in [0.15, 0.2) is 32.8 Å². The Morgan fingerprint density at radius 2 is 1.80 bits per heavy atom. The fourth-order valence-electron chi connectivity index (χ4n) is 2.32. The third-order valence-electron chi connectivity index (χ3n) is 3.77. The Labute approximate surface area is 143 Å². The molecule has 0 radical (unpaired) electrons. The van der Waals surface area contributed by atoms with E-state index in [-0.39, 0.29) is 12.4 Å². The van der Waals surface area contributed by atoms with E-state index in [1.54, 1.807) is 34.6 Å². The van der Waals surface area contributed by atoms with E-state index in [0.29, 0.717) is 0 Å². The van der Waals surface area contributed by atoms with Crippen molar-refractivity contribution in [2.45, 2.75) is 45.7 Å². The second-order valence-electron chi connectivity index (χ2n) is 7.41. The highest BCUT2D eigenvalue weighted by atomic mass is 19.1. The molecule has 2 heterocycles. The minimum atomic E-state index is -0.797. The van der Waals surface area contributed by atoms with Crippen LogP contribution < -0.4 is 22.3 Å². The van der Waals surface area contributed by atoms with Crippen LogP contribution in [0.3, 0.4) is 0 Å². The van der Waals surface area contributed by atoms with E-state index >= 15 is 0 Å². The van der Waals surface area contributed by atoms with Crippen molar-refractivity contribution in [1.29, 1.82) is 0 Å². The van der Waals surface area contributed by atoms with Crippen molar-refractivity contribution < 1.29 is 4.39 Å². The van der Waals surface area contributed by atoms with Crippen molar-refractivity contribution in [3.05, 3.63) is 55.6 Å². The van der Waals surface area contributed by atoms with Gasteiger partial charge in [-0.25, -0.2) is 14.0 Å². The minimum Gasteiger partial charge on any atom is -0.365 e. The highest BCUT2D eigenvalue weighted by Crippen LogP contribution is 2.17. The molecule has 2 rings (SSSR count). The van der Waals surface area contributed by atoms with Crippen LogP contribution in [0.4, 0.5) is 10.2 Å². The van der Waals surface area contributed by atoms with E-state index in [1.807, 2.05) is 0 Å². The molecule has 2 aromatic rings. The van der Waals surface area contributed by atoms with Crippen LogP contribution in [0.5, 0.6) is 0 Å². The van der Waals surface area contributed by atoms with Gasteiger partial charge in [-0.15, -0.1) is 0 Å². The summed E-state index contributed by atoms with van der Waals surface area (Å²) in [5.41, 5.74) is -3.03. The van der Waals surface area contributed by atoms with E-state index in [4.69, 9.17) is 0 Å². The predicted octanol–water partition coefficient (Wildman–Crippen LogP) is 0.835. The lowest BCUT2D eigenvalue weighted by atomic mass is 10.1. The van der Waals surface area contributed by atoms with Gasteiger partial charge in [0.25, 0.3) is 5.56 Å². The maximum atomic E-state index is 14.3. The zero-order chi connectivity index (χ0) is 19.0. The average molecular weight is 351 g/mol. The Balaban J connectivity index is 2.29. The summed E-state index contributed by atoms with van der Waals surface area (Å²) in [6, 6.07) is 1.23. The first kappa shape index (κ1) is 18.6. The van der Waals surface area contributed by atoms with Gasteiger partial charge < -0.3 is 5.32 Å². The van der Waals surface area contributed by atoms with Crippen molar-refractivity contribution in [1.82, 2.24) is 19.1 Å². The summed E-state index contributed by atoms with van der Waals surface area (Å²) in [6.07, 6.45) is 2.47. The second kappa shape index (κ2) is 6.30. The fraction of sp³-hybridized carbons (Fsp3) is 0.500. The number of aromatic nitrogens is 4. The van der Waals surface area contributed by atoms with Crippen LogP contribution in [-0.4, -0.2) is 25.6 Å². The molecular formula is C16H22FN5O3. The third-order valence-corrected chi connectivity index (χ3v) is 3.77. The maximum Gasteiger partial charge on any atom is 0.350 e. The second-order valence-corrected chi connectivity index (χ2v) is 7.41. The van der Waals surface area contributed by atoms with Crippen LogP contribution >= 0.6 is 0 Å². The average Bonchev–Trinajstić information content (AvgIpc) is 2.46. The van der Waals surface area contributed by atoms with E-state index in [0.717, 1.165) is 6.20 Å². The Kier molecular flexibility index (Phi) is 4.70. The van der Waals surface area contributed by atoms with Crippen molar-refractivity contribution in [2.75, 3.05) is 11.9 Å². The Morgan fingerprint density at radius 1 is 1.16 bits per heavy atom. The number of anilines is 1. The molecule has 9 heteroatoms. The number of hydrogen-bond donors (Lipinski definition) is 2. The molecule has 0 aromatic carbocycles. The van der Waals surface area contributed by atoms with Crippen LogP contribution in [0, 0.1) is 5.82 Å².